The fourth-order valence-corrected chi connectivity index (χ4v) is 2.49. The molecule has 7 heteroatoms. The Labute approximate surface area is 144 Å². The van der Waals surface area contributed by atoms with Gasteiger partial charge in [-0.3, -0.25) is 9.89 Å². The van der Waals surface area contributed by atoms with Crippen LogP contribution < -0.4 is 10.6 Å². The molecule has 0 spiro atoms. The van der Waals surface area contributed by atoms with Gasteiger partial charge in [0, 0.05) is 59.4 Å². The Balaban J connectivity index is 1.69. The maximum absolute atomic E-state index is 5.37. The molecular weight excluding hydrogens is 308 g/mol. The molecule has 24 heavy (non-hydrogen) atoms. The first kappa shape index (κ1) is 18.8. The van der Waals surface area contributed by atoms with E-state index in [1.807, 2.05) is 12.1 Å². The molecule has 2 rings (SSSR count). The van der Waals surface area contributed by atoms with E-state index >= 15 is 0 Å². The van der Waals surface area contributed by atoms with Crippen LogP contribution in [0.2, 0.25) is 0 Å². The molecule has 2 N–H and O–H groups in total. The minimum absolute atomic E-state index is 0.733. The molecule has 1 aromatic rings. The molecule has 0 atom stereocenters. The van der Waals surface area contributed by atoms with Crippen LogP contribution in [0.1, 0.15) is 12.2 Å². The molecule has 0 aromatic carbocycles. The molecule has 0 radical (unpaired) electrons. The third-order valence-corrected chi connectivity index (χ3v) is 3.84. The van der Waals surface area contributed by atoms with Crippen LogP contribution >= 0.6 is 0 Å². The Morgan fingerprint density at radius 3 is 2.88 bits per heavy atom. The summed E-state index contributed by atoms with van der Waals surface area (Å²) in [7, 11) is 1.72. The highest BCUT2D eigenvalue weighted by atomic mass is 16.5. The Morgan fingerprint density at radius 2 is 2.12 bits per heavy atom. The van der Waals surface area contributed by atoms with Crippen LogP contribution in [0.5, 0.6) is 0 Å². The van der Waals surface area contributed by atoms with E-state index in [1.54, 1.807) is 13.4 Å². The normalized spacial score (nSPS) is 16.3. The van der Waals surface area contributed by atoms with Crippen molar-refractivity contribution in [2.75, 3.05) is 66.2 Å². The summed E-state index contributed by atoms with van der Waals surface area (Å²) in [6.07, 6.45) is 3.47. The lowest BCUT2D eigenvalue weighted by Gasteiger charge is -2.26. The number of nitrogens with zero attached hydrogens (tertiary/aromatic N) is 2. The van der Waals surface area contributed by atoms with E-state index in [-0.39, 0.29) is 0 Å². The zero-order valence-corrected chi connectivity index (χ0v) is 14.6. The first-order valence-electron chi connectivity index (χ1n) is 8.72. The molecule has 0 bridgehead atoms. The van der Waals surface area contributed by atoms with Crippen LogP contribution in [-0.4, -0.2) is 77.1 Å². The van der Waals surface area contributed by atoms with Crippen LogP contribution in [-0.2, 0) is 15.9 Å². The van der Waals surface area contributed by atoms with E-state index in [9.17, 15) is 0 Å². The summed E-state index contributed by atoms with van der Waals surface area (Å²) in [6, 6.07) is 3.90. The number of guanidine groups is 1. The fraction of sp³-hybridized carbons (Fsp3) is 0.706. The average molecular weight is 338 g/mol. The Bertz CT molecular complexity index is 445. The standard InChI is InChI=1S/C17H30N4O3/c1-22-12-3-6-18-17(19-7-5-16-4-2-13-24-16)20-8-9-21-10-14-23-15-11-21/h2,4,13H,3,5-12,14-15H2,1H3,(H2,18,19,20). The predicted octanol–water partition coefficient (Wildman–Crippen LogP) is 0.726. The predicted molar refractivity (Wildman–Crippen MR) is 94.5 cm³/mol. The molecule has 0 amide bonds. The number of nitrogens with one attached hydrogen (secondary N) is 2. The van der Waals surface area contributed by atoms with Crippen LogP contribution in [0.15, 0.2) is 27.8 Å². The smallest absolute Gasteiger partial charge is 0.191 e. The lowest BCUT2D eigenvalue weighted by molar-refractivity contribution is 0.0389. The largest absolute Gasteiger partial charge is 0.469 e. The van der Waals surface area contributed by atoms with E-state index in [2.05, 4.69) is 20.5 Å². The molecule has 0 unspecified atom stereocenters. The van der Waals surface area contributed by atoms with Crippen molar-refractivity contribution in [3.05, 3.63) is 24.2 Å². The summed E-state index contributed by atoms with van der Waals surface area (Å²) in [6.45, 7) is 7.83. The zero-order valence-electron chi connectivity index (χ0n) is 14.6. The fourth-order valence-electron chi connectivity index (χ4n) is 2.49. The first-order valence-corrected chi connectivity index (χ1v) is 8.72. The third-order valence-electron chi connectivity index (χ3n) is 3.84. The summed E-state index contributed by atoms with van der Waals surface area (Å²) < 4.78 is 15.8. The van der Waals surface area contributed by atoms with Gasteiger partial charge in [-0.2, -0.15) is 0 Å². The van der Waals surface area contributed by atoms with Crippen molar-refractivity contribution >= 4 is 5.96 Å². The molecule has 0 saturated carbocycles. The van der Waals surface area contributed by atoms with Crippen LogP contribution in [0, 0.1) is 0 Å². The number of methoxy groups -OCH3 is 1. The second kappa shape index (κ2) is 11.9. The van der Waals surface area contributed by atoms with E-state index in [1.165, 1.54) is 0 Å². The van der Waals surface area contributed by atoms with E-state index in [0.717, 1.165) is 83.7 Å². The van der Waals surface area contributed by atoms with Crippen molar-refractivity contribution in [3.63, 3.8) is 0 Å². The summed E-state index contributed by atoms with van der Waals surface area (Å²) in [5, 5.41) is 6.78. The monoisotopic (exact) mass is 338 g/mol. The molecule has 1 saturated heterocycles. The van der Waals surface area contributed by atoms with E-state index in [4.69, 9.17) is 13.9 Å². The minimum Gasteiger partial charge on any atom is -0.469 e. The van der Waals surface area contributed by atoms with Gasteiger partial charge in [-0.15, -0.1) is 0 Å². The van der Waals surface area contributed by atoms with Crippen molar-refractivity contribution in [2.45, 2.75) is 12.8 Å². The molecule has 1 aromatic heterocycles. The van der Waals surface area contributed by atoms with Crippen molar-refractivity contribution in [1.29, 1.82) is 0 Å². The Morgan fingerprint density at radius 1 is 1.29 bits per heavy atom. The van der Waals surface area contributed by atoms with Crippen molar-refractivity contribution < 1.29 is 13.9 Å². The van der Waals surface area contributed by atoms with Crippen LogP contribution in [0.4, 0.5) is 0 Å². The maximum atomic E-state index is 5.37. The SMILES string of the molecule is COCCCN=C(NCCc1ccco1)NCCN1CCOCC1. The van der Waals surface area contributed by atoms with Gasteiger partial charge in [0.1, 0.15) is 5.76 Å². The number of rotatable bonds is 10. The number of morpholine rings is 1. The van der Waals surface area contributed by atoms with Gasteiger partial charge in [0.15, 0.2) is 5.96 Å². The average Bonchev–Trinajstić information content (AvgIpc) is 3.12. The molecule has 136 valence electrons. The summed E-state index contributed by atoms with van der Waals surface area (Å²) in [5.74, 6) is 1.83. The number of hydrogen-bond acceptors (Lipinski definition) is 5. The van der Waals surface area contributed by atoms with Crippen LogP contribution in [0.3, 0.4) is 0 Å². The second-order valence-electron chi connectivity index (χ2n) is 5.71. The van der Waals surface area contributed by atoms with Gasteiger partial charge in [0.25, 0.3) is 0 Å². The van der Waals surface area contributed by atoms with Crippen molar-refractivity contribution in [2.24, 2.45) is 4.99 Å². The summed E-state index contributed by atoms with van der Waals surface area (Å²) in [5.41, 5.74) is 0. The van der Waals surface area contributed by atoms with Gasteiger partial charge in [-0.05, 0) is 18.6 Å². The number of aliphatic imine (C=N–C) groups is 1. The lowest BCUT2D eigenvalue weighted by Crippen LogP contribution is -2.44. The molecule has 1 aliphatic heterocycles. The van der Waals surface area contributed by atoms with Crippen molar-refractivity contribution in [3.8, 4) is 0 Å². The molecule has 1 aliphatic rings. The van der Waals surface area contributed by atoms with Crippen LogP contribution in [0.25, 0.3) is 0 Å². The van der Waals surface area contributed by atoms with Gasteiger partial charge < -0.3 is 24.5 Å². The highest BCUT2D eigenvalue weighted by Gasteiger charge is 2.09. The highest BCUT2D eigenvalue weighted by Crippen LogP contribution is 1.99. The van der Waals surface area contributed by atoms with Gasteiger partial charge in [-0.25, -0.2) is 0 Å². The molecule has 0 aliphatic carbocycles. The topological polar surface area (TPSA) is 71.3 Å². The zero-order chi connectivity index (χ0) is 16.9. The number of ether oxygens (including phenoxy) is 2. The van der Waals surface area contributed by atoms with E-state index < -0.39 is 0 Å². The van der Waals surface area contributed by atoms with Gasteiger partial charge in [-0.1, -0.05) is 0 Å². The minimum atomic E-state index is 0.733. The van der Waals surface area contributed by atoms with Gasteiger partial charge in [0.2, 0.25) is 0 Å². The summed E-state index contributed by atoms with van der Waals surface area (Å²) in [4.78, 5) is 7.01. The van der Waals surface area contributed by atoms with Crippen molar-refractivity contribution in [1.82, 2.24) is 15.5 Å². The molecule has 7 nitrogen and oxygen atoms in total. The highest BCUT2D eigenvalue weighted by molar-refractivity contribution is 5.79. The lowest BCUT2D eigenvalue weighted by atomic mass is 10.3. The first-order chi connectivity index (χ1) is 11.9. The maximum Gasteiger partial charge on any atom is 0.191 e. The number of hydrogen-bond donors (Lipinski definition) is 2. The summed E-state index contributed by atoms with van der Waals surface area (Å²) >= 11 is 0. The number of furan rings is 1. The molecular formula is C17H30N4O3. The second-order valence-corrected chi connectivity index (χ2v) is 5.71. The molecule has 1 fully saturated rings. The third kappa shape index (κ3) is 7.81. The van der Waals surface area contributed by atoms with Gasteiger partial charge >= 0.3 is 0 Å². The van der Waals surface area contributed by atoms with E-state index in [0.29, 0.717) is 0 Å². The Kier molecular flexibility index (Phi) is 9.29. The molecule has 2 heterocycles. The quantitative estimate of drug-likeness (QED) is 0.372. The Hall–Kier alpha value is -1.57. The van der Waals surface area contributed by atoms with Gasteiger partial charge in [0.05, 0.1) is 19.5 Å².